The standard InChI is InChI=1S/C12H18BrN3O2/c1-9-6-15(7-10(2)18-9)12(17)3-4-16-8-11(13)5-14-16/h5,8-10H,3-4,6-7H2,1-2H3. The summed E-state index contributed by atoms with van der Waals surface area (Å²) in [6.07, 6.45) is 4.32. The Morgan fingerprint density at radius 3 is 2.72 bits per heavy atom. The summed E-state index contributed by atoms with van der Waals surface area (Å²) in [5, 5.41) is 4.14. The zero-order valence-electron chi connectivity index (χ0n) is 10.7. The minimum Gasteiger partial charge on any atom is -0.372 e. The van der Waals surface area contributed by atoms with Crippen molar-refractivity contribution in [2.75, 3.05) is 13.1 Å². The first-order chi connectivity index (χ1) is 8.54. The van der Waals surface area contributed by atoms with Crippen molar-refractivity contribution in [1.82, 2.24) is 14.7 Å². The molecule has 5 nitrogen and oxygen atoms in total. The van der Waals surface area contributed by atoms with Gasteiger partial charge >= 0.3 is 0 Å². The molecule has 0 bridgehead atoms. The molecule has 1 aromatic rings. The maximum Gasteiger partial charge on any atom is 0.224 e. The first-order valence-electron chi connectivity index (χ1n) is 6.16. The molecule has 0 N–H and O–H groups in total. The topological polar surface area (TPSA) is 47.4 Å². The second-order valence-corrected chi connectivity index (χ2v) is 5.64. The Morgan fingerprint density at radius 2 is 2.17 bits per heavy atom. The van der Waals surface area contributed by atoms with Gasteiger partial charge in [0, 0.05) is 32.3 Å². The second-order valence-electron chi connectivity index (χ2n) is 4.73. The van der Waals surface area contributed by atoms with Gasteiger partial charge in [-0.15, -0.1) is 0 Å². The largest absolute Gasteiger partial charge is 0.372 e. The van der Waals surface area contributed by atoms with Gasteiger partial charge in [0.05, 0.1) is 22.9 Å². The van der Waals surface area contributed by atoms with Crippen LogP contribution in [-0.2, 0) is 16.1 Å². The molecule has 18 heavy (non-hydrogen) atoms. The highest BCUT2D eigenvalue weighted by Crippen LogP contribution is 2.12. The van der Waals surface area contributed by atoms with Crippen LogP contribution >= 0.6 is 15.9 Å². The number of ether oxygens (including phenoxy) is 1. The molecule has 2 rings (SSSR count). The van der Waals surface area contributed by atoms with Crippen LogP contribution < -0.4 is 0 Å². The van der Waals surface area contributed by atoms with E-state index in [2.05, 4.69) is 21.0 Å². The quantitative estimate of drug-likeness (QED) is 0.852. The maximum absolute atomic E-state index is 12.1. The summed E-state index contributed by atoms with van der Waals surface area (Å²) in [4.78, 5) is 14.0. The summed E-state index contributed by atoms with van der Waals surface area (Å²) in [6, 6.07) is 0. The van der Waals surface area contributed by atoms with Crippen LogP contribution in [0.3, 0.4) is 0 Å². The van der Waals surface area contributed by atoms with E-state index in [0.717, 1.165) is 4.47 Å². The number of halogens is 1. The molecule has 0 spiro atoms. The first kappa shape index (κ1) is 13.5. The van der Waals surface area contributed by atoms with E-state index < -0.39 is 0 Å². The van der Waals surface area contributed by atoms with Crippen LogP contribution in [0.25, 0.3) is 0 Å². The van der Waals surface area contributed by atoms with E-state index in [-0.39, 0.29) is 18.1 Å². The number of carbonyl (C=O) groups excluding carboxylic acids is 1. The van der Waals surface area contributed by atoms with Crippen LogP contribution in [0.4, 0.5) is 0 Å². The minimum absolute atomic E-state index is 0.122. The van der Waals surface area contributed by atoms with Crippen molar-refractivity contribution in [3.63, 3.8) is 0 Å². The number of aromatic nitrogens is 2. The van der Waals surface area contributed by atoms with Crippen LogP contribution in [0, 0.1) is 0 Å². The van der Waals surface area contributed by atoms with E-state index in [0.29, 0.717) is 26.1 Å². The van der Waals surface area contributed by atoms with Gasteiger partial charge in [-0.1, -0.05) is 0 Å². The molecule has 0 aromatic carbocycles. The summed E-state index contributed by atoms with van der Waals surface area (Å²) in [5.41, 5.74) is 0. The lowest BCUT2D eigenvalue weighted by Crippen LogP contribution is -2.48. The molecule has 2 heterocycles. The number of hydrogen-bond donors (Lipinski definition) is 0. The Hall–Kier alpha value is -0.880. The van der Waals surface area contributed by atoms with E-state index in [4.69, 9.17) is 4.74 Å². The van der Waals surface area contributed by atoms with Gasteiger partial charge in [-0.05, 0) is 29.8 Å². The summed E-state index contributed by atoms with van der Waals surface area (Å²) in [7, 11) is 0. The SMILES string of the molecule is CC1CN(C(=O)CCn2cc(Br)cn2)CC(C)O1. The number of carbonyl (C=O) groups is 1. The number of morpholine rings is 1. The average molecular weight is 316 g/mol. The van der Waals surface area contributed by atoms with E-state index in [1.165, 1.54) is 0 Å². The highest BCUT2D eigenvalue weighted by Gasteiger charge is 2.25. The number of nitrogens with zero attached hydrogens (tertiary/aromatic N) is 3. The number of amides is 1. The zero-order chi connectivity index (χ0) is 13.1. The summed E-state index contributed by atoms with van der Waals surface area (Å²) in [5.74, 6) is 0.170. The summed E-state index contributed by atoms with van der Waals surface area (Å²) in [6.45, 7) is 5.99. The van der Waals surface area contributed by atoms with Crippen molar-refractivity contribution in [1.29, 1.82) is 0 Å². The third-order valence-electron chi connectivity index (χ3n) is 2.93. The van der Waals surface area contributed by atoms with Gasteiger partial charge in [0.2, 0.25) is 5.91 Å². The molecular weight excluding hydrogens is 298 g/mol. The Morgan fingerprint density at radius 1 is 1.50 bits per heavy atom. The van der Waals surface area contributed by atoms with Gasteiger partial charge in [-0.2, -0.15) is 5.10 Å². The molecule has 1 aromatic heterocycles. The lowest BCUT2D eigenvalue weighted by molar-refractivity contribution is -0.143. The van der Waals surface area contributed by atoms with Crippen molar-refractivity contribution in [3.8, 4) is 0 Å². The number of aryl methyl sites for hydroxylation is 1. The van der Waals surface area contributed by atoms with Gasteiger partial charge in [-0.25, -0.2) is 0 Å². The normalized spacial score (nSPS) is 24.3. The fourth-order valence-corrected chi connectivity index (χ4v) is 2.54. The third kappa shape index (κ3) is 3.55. The van der Waals surface area contributed by atoms with Crippen LogP contribution in [0.1, 0.15) is 20.3 Å². The molecule has 6 heteroatoms. The molecule has 1 aliphatic heterocycles. The van der Waals surface area contributed by atoms with Crippen molar-refractivity contribution in [3.05, 3.63) is 16.9 Å². The molecule has 1 aliphatic rings. The van der Waals surface area contributed by atoms with Crippen LogP contribution in [0.5, 0.6) is 0 Å². The predicted octanol–water partition coefficient (Wildman–Crippen LogP) is 1.67. The smallest absolute Gasteiger partial charge is 0.224 e. The van der Waals surface area contributed by atoms with Crippen LogP contribution in [0.2, 0.25) is 0 Å². The second kappa shape index (κ2) is 5.84. The lowest BCUT2D eigenvalue weighted by Gasteiger charge is -2.35. The highest BCUT2D eigenvalue weighted by molar-refractivity contribution is 9.10. The molecule has 0 saturated carbocycles. The van der Waals surface area contributed by atoms with Crippen LogP contribution in [-0.4, -0.2) is 45.9 Å². The zero-order valence-corrected chi connectivity index (χ0v) is 12.3. The Labute approximate surface area is 115 Å². The van der Waals surface area contributed by atoms with Crippen molar-refractivity contribution in [2.24, 2.45) is 0 Å². The van der Waals surface area contributed by atoms with E-state index >= 15 is 0 Å². The van der Waals surface area contributed by atoms with Crippen molar-refractivity contribution in [2.45, 2.75) is 39.0 Å². The predicted molar refractivity (Wildman–Crippen MR) is 71.1 cm³/mol. The maximum atomic E-state index is 12.1. The minimum atomic E-state index is 0.122. The highest BCUT2D eigenvalue weighted by atomic mass is 79.9. The number of rotatable bonds is 3. The third-order valence-corrected chi connectivity index (χ3v) is 3.34. The molecule has 1 amide bonds. The molecule has 100 valence electrons. The Bertz CT molecular complexity index is 411. The Balaban J connectivity index is 1.84. The molecule has 2 unspecified atom stereocenters. The van der Waals surface area contributed by atoms with Gasteiger partial charge < -0.3 is 9.64 Å². The van der Waals surface area contributed by atoms with E-state index in [9.17, 15) is 4.79 Å². The fourth-order valence-electron chi connectivity index (χ4n) is 2.21. The van der Waals surface area contributed by atoms with E-state index in [1.807, 2.05) is 24.9 Å². The summed E-state index contributed by atoms with van der Waals surface area (Å²) < 4.78 is 8.32. The molecular formula is C12H18BrN3O2. The van der Waals surface area contributed by atoms with E-state index in [1.54, 1.807) is 10.9 Å². The molecule has 0 aliphatic carbocycles. The number of hydrogen-bond acceptors (Lipinski definition) is 3. The van der Waals surface area contributed by atoms with Gasteiger partial charge in [0.15, 0.2) is 0 Å². The average Bonchev–Trinajstić information content (AvgIpc) is 2.70. The molecule has 0 radical (unpaired) electrons. The van der Waals surface area contributed by atoms with Crippen LogP contribution in [0.15, 0.2) is 16.9 Å². The summed E-state index contributed by atoms with van der Waals surface area (Å²) >= 11 is 3.34. The van der Waals surface area contributed by atoms with Crippen molar-refractivity contribution < 1.29 is 9.53 Å². The van der Waals surface area contributed by atoms with Crippen molar-refractivity contribution >= 4 is 21.8 Å². The fraction of sp³-hybridized carbons (Fsp3) is 0.667. The first-order valence-corrected chi connectivity index (χ1v) is 6.95. The molecule has 1 fully saturated rings. The monoisotopic (exact) mass is 315 g/mol. The molecule has 1 saturated heterocycles. The van der Waals surface area contributed by atoms with Gasteiger partial charge in [-0.3, -0.25) is 9.48 Å². The Kier molecular flexibility index (Phi) is 4.40. The van der Waals surface area contributed by atoms with Gasteiger partial charge in [0.25, 0.3) is 0 Å². The lowest BCUT2D eigenvalue weighted by atomic mass is 10.2. The molecule has 2 atom stereocenters. The van der Waals surface area contributed by atoms with Gasteiger partial charge in [0.1, 0.15) is 0 Å².